The summed E-state index contributed by atoms with van der Waals surface area (Å²) in [7, 11) is 0. The maximum atomic E-state index is 12.2. The van der Waals surface area contributed by atoms with Crippen LogP contribution in [0, 0.1) is 0 Å². The van der Waals surface area contributed by atoms with Crippen LogP contribution in [-0.2, 0) is 6.18 Å². The molecule has 0 amide bonds. The lowest BCUT2D eigenvalue weighted by Crippen LogP contribution is -2.12. The van der Waals surface area contributed by atoms with Gasteiger partial charge in [0.1, 0.15) is 0 Å². The number of nitrogens with two attached hydrogens (primary N) is 1. The summed E-state index contributed by atoms with van der Waals surface area (Å²) < 4.78 is 36.7. The molecule has 2 N–H and O–H groups in total. The van der Waals surface area contributed by atoms with Gasteiger partial charge in [0.05, 0.1) is 0 Å². The predicted molar refractivity (Wildman–Crippen MR) is 41.5 cm³/mol. The van der Waals surface area contributed by atoms with Gasteiger partial charge in [-0.15, -0.1) is 0 Å². The molecule has 3 nitrogen and oxygen atoms in total. The van der Waals surface area contributed by atoms with Crippen LogP contribution < -0.4 is 5.73 Å². The van der Waals surface area contributed by atoms with E-state index in [0.717, 1.165) is 12.3 Å². The van der Waals surface area contributed by atoms with Crippen molar-refractivity contribution in [3.8, 4) is 0 Å². The van der Waals surface area contributed by atoms with Crippen molar-refractivity contribution >= 4 is 12.0 Å². The summed E-state index contributed by atoms with van der Waals surface area (Å²) in [5.74, 6) is -0.405. The van der Waals surface area contributed by atoms with Crippen molar-refractivity contribution in [2.75, 3.05) is 5.73 Å². The molecule has 1 aromatic heterocycles. The molecule has 0 fully saturated rings. The number of nitrogen functional groups attached to an aromatic ring is 1. The molecule has 6 heteroatoms. The van der Waals surface area contributed by atoms with E-state index in [9.17, 15) is 13.2 Å². The number of nitrogens with zero attached hydrogens (tertiary/aromatic N) is 2. The number of rotatable bonds is 1. The standard InChI is InChI=1S/C7H6F3N3/c1-2-4-3-12-6(11)13-5(4)7(8,9)10/h2-3H,1H2,(H2,11,12,13). The predicted octanol–water partition coefficient (Wildman–Crippen LogP) is 1.72. The SMILES string of the molecule is C=Cc1cnc(N)nc1C(F)(F)F. The highest BCUT2D eigenvalue weighted by Gasteiger charge is 2.35. The summed E-state index contributed by atoms with van der Waals surface area (Å²) in [6.45, 7) is 3.21. The van der Waals surface area contributed by atoms with Crippen LogP contribution in [0.4, 0.5) is 19.1 Å². The lowest BCUT2D eigenvalue weighted by molar-refractivity contribution is -0.141. The molecule has 0 bridgehead atoms. The first-order valence-corrected chi connectivity index (χ1v) is 3.27. The van der Waals surface area contributed by atoms with Crippen LogP contribution in [-0.4, -0.2) is 9.97 Å². The second-order valence-electron chi connectivity index (χ2n) is 2.23. The Hall–Kier alpha value is -1.59. The largest absolute Gasteiger partial charge is 0.434 e. The minimum absolute atomic E-state index is 0.179. The third kappa shape index (κ3) is 1.95. The van der Waals surface area contributed by atoms with E-state index >= 15 is 0 Å². The van der Waals surface area contributed by atoms with Gasteiger partial charge in [-0.2, -0.15) is 13.2 Å². The average molecular weight is 189 g/mol. The normalized spacial score (nSPS) is 11.3. The molecule has 0 aliphatic rings. The second kappa shape index (κ2) is 3.04. The quantitative estimate of drug-likeness (QED) is 0.731. The molecule has 13 heavy (non-hydrogen) atoms. The van der Waals surface area contributed by atoms with E-state index in [4.69, 9.17) is 5.73 Å². The fraction of sp³-hybridized carbons (Fsp3) is 0.143. The molecule has 0 aliphatic carbocycles. The molecule has 0 unspecified atom stereocenters. The number of alkyl halides is 3. The fourth-order valence-corrected chi connectivity index (χ4v) is 0.781. The van der Waals surface area contributed by atoms with Crippen molar-refractivity contribution in [2.24, 2.45) is 0 Å². The number of aromatic nitrogens is 2. The second-order valence-corrected chi connectivity index (χ2v) is 2.23. The lowest BCUT2D eigenvalue weighted by atomic mass is 10.2. The van der Waals surface area contributed by atoms with Gasteiger partial charge < -0.3 is 5.73 Å². The van der Waals surface area contributed by atoms with Gasteiger partial charge in [-0.25, -0.2) is 9.97 Å². The molecule has 1 aromatic rings. The highest BCUT2D eigenvalue weighted by Crippen LogP contribution is 2.30. The van der Waals surface area contributed by atoms with Gasteiger partial charge >= 0.3 is 6.18 Å². The lowest BCUT2D eigenvalue weighted by Gasteiger charge is -2.08. The maximum absolute atomic E-state index is 12.2. The van der Waals surface area contributed by atoms with Gasteiger partial charge in [0.25, 0.3) is 0 Å². The Labute approximate surface area is 72.1 Å². The average Bonchev–Trinajstić information content (AvgIpc) is 2.03. The Morgan fingerprint density at radius 2 is 2.08 bits per heavy atom. The van der Waals surface area contributed by atoms with Crippen LogP contribution in [0.3, 0.4) is 0 Å². The van der Waals surface area contributed by atoms with E-state index in [0.29, 0.717) is 0 Å². The first-order valence-electron chi connectivity index (χ1n) is 3.27. The van der Waals surface area contributed by atoms with Crippen molar-refractivity contribution < 1.29 is 13.2 Å². The van der Waals surface area contributed by atoms with Crippen LogP contribution in [0.25, 0.3) is 6.08 Å². The van der Waals surface area contributed by atoms with E-state index in [1.54, 1.807) is 0 Å². The van der Waals surface area contributed by atoms with Crippen LogP contribution in [0.15, 0.2) is 12.8 Å². The Kier molecular flexibility index (Phi) is 2.22. The van der Waals surface area contributed by atoms with Crippen LogP contribution in [0.1, 0.15) is 11.3 Å². The molecular weight excluding hydrogens is 183 g/mol. The molecule has 0 saturated carbocycles. The molecule has 1 rings (SSSR count). The first kappa shape index (κ1) is 9.50. The van der Waals surface area contributed by atoms with Gasteiger partial charge in [-0.1, -0.05) is 12.7 Å². The smallest absolute Gasteiger partial charge is 0.368 e. The zero-order valence-corrected chi connectivity index (χ0v) is 6.47. The van der Waals surface area contributed by atoms with Gasteiger partial charge in [0.15, 0.2) is 5.69 Å². The van der Waals surface area contributed by atoms with Gasteiger partial charge in [-0.05, 0) is 0 Å². The summed E-state index contributed by atoms with van der Waals surface area (Å²) in [6.07, 6.45) is -2.51. The van der Waals surface area contributed by atoms with Crippen molar-refractivity contribution in [1.82, 2.24) is 9.97 Å². The van der Waals surface area contributed by atoms with E-state index in [1.807, 2.05) is 0 Å². The molecule has 0 aromatic carbocycles. The molecule has 1 heterocycles. The number of halogens is 3. The molecular formula is C7H6F3N3. The number of hydrogen-bond acceptors (Lipinski definition) is 3. The number of anilines is 1. The Morgan fingerprint density at radius 1 is 1.46 bits per heavy atom. The summed E-state index contributed by atoms with van der Waals surface area (Å²) in [5, 5.41) is 0. The zero-order chi connectivity index (χ0) is 10.1. The molecule has 0 spiro atoms. The third-order valence-electron chi connectivity index (χ3n) is 1.32. The Bertz CT molecular complexity index is 332. The molecule has 0 radical (unpaired) electrons. The summed E-state index contributed by atoms with van der Waals surface area (Å²) in [6, 6.07) is 0. The van der Waals surface area contributed by atoms with E-state index in [-0.39, 0.29) is 5.56 Å². The van der Waals surface area contributed by atoms with Crippen molar-refractivity contribution in [1.29, 1.82) is 0 Å². The molecule has 70 valence electrons. The van der Waals surface area contributed by atoms with Gasteiger partial charge in [-0.3, -0.25) is 0 Å². The Morgan fingerprint density at radius 3 is 2.54 bits per heavy atom. The zero-order valence-electron chi connectivity index (χ0n) is 6.47. The van der Waals surface area contributed by atoms with Gasteiger partial charge in [0, 0.05) is 11.8 Å². The number of hydrogen-bond donors (Lipinski definition) is 1. The summed E-state index contributed by atoms with van der Waals surface area (Å²) in [5.41, 5.74) is 3.78. The first-order chi connectivity index (χ1) is 5.95. The monoisotopic (exact) mass is 189 g/mol. The molecule has 0 aliphatic heterocycles. The van der Waals surface area contributed by atoms with E-state index in [1.165, 1.54) is 0 Å². The third-order valence-corrected chi connectivity index (χ3v) is 1.32. The minimum atomic E-state index is -4.53. The molecule has 0 atom stereocenters. The highest BCUT2D eigenvalue weighted by molar-refractivity contribution is 5.50. The van der Waals surface area contributed by atoms with Crippen molar-refractivity contribution in [2.45, 2.75) is 6.18 Å². The minimum Gasteiger partial charge on any atom is -0.368 e. The van der Waals surface area contributed by atoms with Gasteiger partial charge in [0.2, 0.25) is 5.95 Å². The van der Waals surface area contributed by atoms with Crippen LogP contribution in [0.5, 0.6) is 0 Å². The van der Waals surface area contributed by atoms with E-state index in [2.05, 4.69) is 16.5 Å². The van der Waals surface area contributed by atoms with E-state index < -0.39 is 17.8 Å². The van der Waals surface area contributed by atoms with Crippen LogP contribution in [0.2, 0.25) is 0 Å². The van der Waals surface area contributed by atoms with Crippen molar-refractivity contribution in [3.05, 3.63) is 24.0 Å². The fourth-order valence-electron chi connectivity index (χ4n) is 0.781. The highest BCUT2D eigenvalue weighted by atomic mass is 19.4. The van der Waals surface area contributed by atoms with Crippen molar-refractivity contribution in [3.63, 3.8) is 0 Å². The molecule has 0 saturated heterocycles. The Balaban J connectivity index is 3.32. The maximum Gasteiger partial charge on any atom is 0.434 e. The summed E-state index contributed by atoms with van der Waals surface area (Å²) >= 11 is 0. The van der Waals surface area contributed by atoms with Crippen LogP contribution >= 0.6 is 0 Å². The summed E-state index contributed by atoms with van der Waals surface area (Å²) in [4.78, 5) is 6.51. The topological polar surface area (TPSA) is 51.8 Å².